The van der Waals surface area contributed by atoms with E-state index in [4.69, 9.17) is 4.74 Å². The summed E-state index contributed by atoms with van der Waals surface area (Å²) in [5.74, 6) is 0.877. The molecule has 2 nitrogen and oxygen atoms in total. The molecule has 0 bridgehead atoms. The van der Waals surface area contributed by atoms with Gasteiger partial charge in [0.05, 0.1) is 11.6 Å². The van der Waals surface area contributed by atoms with Crippen LogP contribution in [0.2, 0.25) is 0 Å². The molecule has 0 aromatic heterocycles. The van der Waals surface area contributed by atoms with E-state index in [2.05, 4.69) is 55.9 Å². The number of benzene rings is 1. The summed E-state index contributed by atoms with van der Waals surface area (Å²) in [6.45, 7) is 2.00. The molecule has 0 amide bonds. The van der Waals surface area contributed by atoms with E-state index in [1.54, 1.807) is 7.11 Å². The number of rotatable bonds is 5. The maximum absolute atomic E-state index is 5.18. The fourth-order valence-corrected chi connectivity index (χ4v) is 2.54. The van der Waals surface area contributed by atoms with Gasteiger partial charge in [0.1, 0.15) is 5.75 Å². The zero-order chi connectivity index (χ0) is 11.3. The minimum absolute atomic E-state index is 0.877. The van der Waals surface area contributed by atoms with Gasteiger partial charge in [0.25, 0.3) is 0 Å². The Labute approximate surface area is 108 Å². The van der Waals surface area contributed by atoms with Crippen molar-refractivity contribution in [1.29, 1.82) is 0 Å². The highest BCUT2D eigenvalue weighted by atomic mass is 79.9. The first-order valence-corrected chi connectivity index (χ1v) is 6.65. The Morgan fingerprint density at radius 1 is 1.40 bits per heavy atom. The highest BCUT2D eigenvalue weighted by Crippen LogP contribution is 2.25. The molecule has 0 aliphatic heterocycles. The van der Waals surface area contributed by atoms with Crippen molar-refractivity contribution in [3.05, 3.63) is 28.2 Å². The zero-order valence-corrected chi connectivity index (χ0v) is 12.1. The minimum Gasteiger partial charge on any atom is -0.496 e. The van der Waals surface area contributed by atoms with Crippen LogP contribution in [0.1, 0.15) is 5.56 Å². The molecular formula is C11H15Br2NO. The largest absolute Gasteiger partial charge is 0.496 e. The molecule has 1 aromatic carbocycles. The Hall–Kier alpha value is -0.0600. The normalized spacial score (nSPS) is 10.7. The van der Waals surface area contributed by atoms with Gasteiger partial charge < -0.3 is 9.64 Å². The van der Waals surface area contributed by atoms with Crippen molar-refractivity contribution in [1.82, 2.24) is 4.90 Å². The summed E-state index contributed by atoms with van der Waals surface area (Å²) in [7, 11) is 3.79. The van der Waals surface area contributed by atoms with Crippen molar-refractivity contribution in [2.75, 3.05) is 26.0 Å². The van der Waals surface area contributed by atoms with E-state index >= 15 is 0 Å². The van der Waals surface area contributed by atoms with Crippen LogP contribution in [0.3, 0.4) is 0 Å². The van der Waals surface area contributed by atoms with E-state index in [0.29, 0.717) is 0 Å². The van der Waals surface area contributed by atoms with E-state index in [0.717, 1.165) is 28.6 Å². The lowest BCUT2D eigenvalue weighted by molar-refractivity contribution is 0.349. The van der Waals surface area contributed by atoms with Crippen LogP contribution in [0.15, 0.2) is 22.7 Å². The Morgan fingerprint density at radius 3 is 2.67 bits per heavy atom. The molecule has 84 valence electrons. The van der Waals surface area contributed by atoms with Crippen molar-refractivity contribution in [3.63, 3.8) is 0 Å². The van der Waals surface area contributed by atoms with Crippen molar-refractivity contribution < 1.29 is 4.74 Å². The lowest BCUT2D eigenvalue weighted by Crippen LogP contribution is -2.19. The smallest absolute Gasteiger partial charge is 0.133 e. The molecule has 0 aliphatic rings. The number of alkyl halides is 1. The summed E-state index contributed by atoms with van der Waals surface area (Å²) in [6, 6.07) is 6.18. The third-order valence-corrected chi connectivity index (χ3v) is 3.11. The van der Waals surface area contributed by atoms with E-state index in [-0.39, 0.29) is 0 Å². The van der Waals surface area contributed by atoms with Crippen molar-refractivity contribution >= 4 is 31.9 Å². The van der Waals surface area contributed by atoms with Gasteiger partial charge in [-0.3, -0.25) is 0 Å². The molecule has 15 heavy (non-hydrogen) atoms. The summed E-state index contributed by atoms with van der Waals surface area (Å²) in [6.07, 6.45) is 0. The molecule has 1 aromatic rings. The molecule has 0 unspecified atom stereocenters. The lowest BCUT2D eigenvalue weighted by Gasteiger charge is -2.15. The molecule has 0 heterocycles. The molecular weight excluding hydrogens is 322 g/mol. The lowest BCUT2D eigenvalue weighted by atomic mass is 10.2. The van der Waals surface area contributed by atoms with Crippen LogP contribution in [0.5, 0.6) is 5.75 Å². The highest BCUT2D eigenvalue weighted by molar-refractivity contribution is 9.10. The topological polar surface area (TPSA) is 12.5 Å². The SMILES string of the molecule is COc1ccc(CN(C)CCBr)cc1Br. The Morgan fingerprint density at radius 2 is 2.13 bits per heavy atom. The standard InChI is InChI=1S/C11H15Br2NO/c1-14(6-5-12)8-9-3-4-11(15-2)10(13)7-9/h3-4,7H,5-6,8H2,1-2H3. The van der Waals surface area contributed by atoms with Gasteiger partial charge >= 0.3 is 0 Å². The number of halogens is 2. The van der Waals surface area contributed by atoms with E-state index in [1.165, 1.54) is 5.56 Å². The van der Waals surface area contributed by atoms with E-state index in [1.807, 2.05) is 6.07 Å². The molecule has 0 radical (unpaired) electrons. The van der Waals surface area contributed by atoms with Crippen molar-refractivity contribution in [2.45, 2.75) is 6.54 Å². The van der Waals surface area contributed by atoms with Gasteiger partial charge in [-0.15, -0.1) is 0 Å². The quantitative estimate of drug-likeness (QED) is 0.765. The predicted octanol–water partition coefficient (Wildman–Crippen LogP) is 3.28. The number of methoxy groups -OCH3 is 1. The Kier molecular flexibility index (Phi) is 5.64. The number of nitrogens with zero attached hydrogens (tertiary/aromatic N) is 1. The van der Waals surface area contributed by atoms with Crippen LogP contribution < -0.4 is 4.74 Å². The summed E-state index contributed by atoms with van der Waals surface area (Å²) in [5.41, 5.74) is 1.28. The average Bonchev–Trinajstić information content (AvgIpc) is 2.18. The van der Waals surface area contributed by atoms with E-state index in [9.17, 15) is 0 Å². The summed E-state index contributed by atoms with van der Waals surface area (Å²) in [5, 5.41) is 1.00. The predicted molar refractivity (Wildman–Crippen MR) is 70.8 cm³/mol. The number of hydrogen-bond donors (Lipinski definition) is 0. The molecule has 0 aliphatic carbocycles. The third kappa shape index (κ3) is 4.13. The number of ether oxygens (including phenoxy) is 1. The third-order valence-electron chi connectivity index (χ3n) is 2.13. The highest BCUT2D eigenvalue weighted by Gasteiger charge is 2.03. The molecule has 0 spiro atoms. The fourth-order valence-electron chi connectivity index (χ4n) is 1.34. The Balaban J connectivity index is 2.66. The second kappa shape index (κ2) is 6.51. The minimum atomic E-state index is 0.877. The number of hydrogen-bond acceptors (Lipinski definition) is 2. The second-order valence-corrected chi connectivity index (χ2v) is 5.04. The first kappa shape index (κ1) is 13.0. The summed E-state index contributed by atoms with van der Waals surface area (Å²) >= 11 is 6.91. The molecule has 0 N–H and O–H groups in total. The van der Waals surface area contributed by atoms with E-state index < -0.39 is 0 Å². The van der Waals surface area contributed by atoms with Gasteiger partial charge in [-0.2, -0.15) is 0 Å². The fraction of sp³-hybridized carbons (Fsp3) is 0.455. The first-order chi connectivity index (χ1) is 7.17. The van der Waals surface area contributed by atoms with Crippen LogP contribution in [0, 0.1) is 0 Å². The monoisotopic (exact) mass is 335 g/mol. The van der Waals surface area contributed by atoms with Crippen molar-refractivity contribution in [2.24, 2.45) is 0 Å². The average molecular weight is 337 g/mol. The van der Waals surface area contributed by atoms with Gasteiger partial charge in [0.2, 0.25) is 0 Å². The van der Waals surface area contributed by atoms with Crippen LogP contribution in [0.4, 0.5) is 0 Å². The summed E-state index contributed by atoms with van der Waals surface area (Å²) < 4.78 is 6.19. The molecule has 0 atom stereocenters. The van der Waals surface area contributed by atoms with Gasteiger partial charge in [0.15, 0.2) is 0 Å². The first-order valence-electron chi connectivity index (χ1n) is 4.74. The molecule has 0 saturated carbocycles. The molecule has 0 fully saturated rings. The second-order valence-electron chi connectivity index (χ2n) is 3.40. The zero-order valence-electron chi connectivity index (χ0n) is 8.96. The van der Waals surface area contributed by atoms with Crippen molar-refractivity contribution in [3.8, 4) is 5.75 Å². The van der Waals surface area contributed by atoms with Crippen LogP contribution in [0.25, 0.3) is 0 Å². The van der Waals surface area contributed by atoms with Crippen LogP contribution in [-0.4, -0.2) is 30.9 Å². The van der Waals surface area contributed by atoms with Gasteiger partial charge in [-0.1, -0.05) is 22.0 Å². The van der Waals surface area contributed by atoms with Gasteiger partial charge in [0, 0.05) is 18.4 Å². The maximum atomic E-state index is 5.18. The van der Waals surface area contributed by atoms with Gasteiger partial charge in [-0.05, 0) is 40.7 Å². The summed E-state index contributed by atoms with van der Waals surface area (Å²) in [4.78, 5) is 2.27. The molecule has 0 saturated heterocycles. The van der Waals surface area contributed by atoms with Crippen LogP contribution >= 0.6 is 31.9 Å². The maximum Gasteiger partial charge on any atom is 0.133 e. The molecule has 4 heteroatoms. The molecule has 1 rings (SSSR count). The Bertz CT molecular complexity index is 317. The van der Waals surface area contributed by atoms with Crippen LogP contribution in [-0.2, 0) is 6.54 Å². The van der Waals surface area contributed by atoms with Gasteiger partial charge in [-0.25, -0.2) is 0 Å².